The van der Waals surface area contributed by atoms with Crippen LogP contribution in [0.2, 0.25) is 0 Å². The maximum absolute atomic E-state index is 14.4. The van der Waals surface area contributed by atoms with E-state index < -0.39 is 16.9 Å². The predicted molar refractivity (Wildman–Crippen MR) is 182 cm³/mol. The molecule has 12 heteroatoms. The minimum atomic E-state index is -0.800. The van der Waals surface area contributed by atoms with Crippen LogP contribution in [0.1, 0.15) is 29.7 Å². The Bertz CT molecular complexity index is 2000. The Balaban J connectivity index is 1.60. The molecule has 236 valence electrons. The first-order valence-corrected chi connectivity index (χ1v) is 17.0. The number of aromatic nitrogens is 1. The summed E-state index contributed by atoms with van der Waals surface area (Å²) in [5.41, 5.74) is 3.20. The van der Waals surface area contributed by atoms with Gasteiger partial charge in [0.25, 0.3) is 11.2 Å². The van der Waals surface area contributed by atoms with Gasteiger partial charge in [-0.05, 0) is 50.1 Å². The normalized spacial score (nSPS) is 17.1. The lowest BCUT2D eigenvalue weighted by Crippen LogP contribution is -2.44. The van der Waals surface area contributed by atoms with Gasteiger partial charge in [-0.15, -0.1) is 11.8 Å². The molecule has 0 saturated carbocycles. The molecule has 0 radical (unpaired) electrons. The van der Waals surface area contributed by atoms with E-state index in [9.17, 15) is 19.7 Å². The molecule has 1 atom stereocenters. The van der Waals surface area contributed by atoms with Crippen LogP contribution in [0.4, 0.5) is 11.4 Å². The third kappa shape index (κ3) is 6.15. The topological polar surface area (TPSA) is 110 Å². The summed E-state index contributed by atoms with van der Waals surface area (Å²) in [5, 5.41) is 11.8. The molecule has 6 rings (SSSR count). The zero-order chi connectivity index (χ0) is 32.4. The van der Waals surface area contributed by atoms with Gasteiger partial charge in [-0.1, -0.05) is 53.8 Å². The van der Waals surface area contributed by atoms with E-state index in [1.165, 1.54) is 23.5 Å². The fourth-order valence-electron chi connectivity index (χ4n) is 5.79. The molecule has 1 saturated heterocycles. The molecular formula is C34H33N5O5S2. The van der Waals surface area contributed by atoms with Crippen LogP contribution < -0.4 is 19.8 Å². The van der Waals surface area contributed by atoms with Crippen LogP contribution in [-0.4, -0.2) is 66.4 Å². The highest BCUT2D eigenvalue weighted by Gasteiger charge is 2.35. The number of rotatable bonds is 8. The number of non-ortho nitro benzene ring substituents is 1. The summed E-state index contributed by atoms with van der Waals surface area (Å²) in [6.45, 7) is 5.13. The Kier molecular flexibility index (Phi) is 9.20. The van der Waals surface area contributed by atoms with Crippen LogP contribution in [0.5, 0.6) is 0 Å². The van der Waals surface area contributed by atoms with E-state index in [4.69, 9.17) is 9.73 Å². The highest BCUT2D eigenvalue weighted by Crippen LogP contribution is 2.36. The van der Waals surface area contributed by atoms with E-state index in [-0.39, 0.29) is 23.4 Å². The zero-order valence-corrected chi connectivity index (χ0v) is 27.3. The van der Waals surface area contributed by atoms with Crippen LogP contribution in [0.25, 0.3) is 11.8 Å². The number of esters is 1. The van der Waals surface area contributed by atoms with Crippen molar-refractivity contribution in [3.8, 4) is 0 Å². The number of nitrogens with zero attached hydrogens (tertiary/aromatic N) is 5. The number of ether oxygens (including phenoxy) is 1. The SMILES string of the molecule is CCOC(=O)C1=C(c2ccccc2)N=c2sc(=Cc3cc([N+](=O)[O-])ccc3N3CCN(C)CC3)c(=O)n2[C@H]1c1ccc(SC)cc1. The molecule has 2 aliphatic heterocycles. The summed E-state index contributed by atoms with van der Waals surface area (Å²) in [4.78, 5) is 50.3. The minimum absolute atomic E-state index is 0.0559. The maximum Gasteiger partial charge on any atom is 0.338 e. The number of carbonyl (C=O) groups is 1. The first-order valence-electron chi connectivity index (χ1n) is 14.9. The van der Waals surface area contributed by atoms with E-state index in [1.54, 1.807) is 35.4 Å². The van der Waals surface area contributed by atoms with Gasteiger partial charge in [-0.3, -0.25) is 19.5 Å². The van der Waals surface area contributed by atoms with Crippen LogP contribution in [0, 0.1) is 10.1 Å². The fourth-order valence-corrected chi connectivity index (χ4v) is 7.19. The average molecular weight is 656 g/mol. The number of anilines is 1. The summed E-state index contributed by atoms with van der Waals surface area (Å²) in [5.74, 6) is -0.547. The van der Waals surface area contributed by atoms with Crippen LogP contribution >= 0.6 is 23.1 Å². The van der Waals surface area contributed by atoms with Crippen LogP contribution in [0.3, 0.4) is 0 Å². The van der Waals surface area contributed by atoms with E-state index in [0.717, 1.165) is 47.9 Å². The maximum atomic E-state index is 14.4. The van der Waals surface area contributed by atoms with Crippen molar-refractivity contribution in [2.24, 2.45) is 4.99 Å². The highest BCUT2D eigenvalue weighted by atomic mass is 32.2. The molecule has 1 fully saturated rings. The van der Waals surface area contributed by atoms with E-state index >= 15 is 0 Å². The van der Waals surface area contributed by atoms with Crippen molar-refractivity contribution >= 4 is 52.2 Å². The summed E-state index contributed by atoms with van der Waals surface area (Å²) >= 11 is 2.80. The Morgan fingerprint density at radius 3 is 2.46 bits per heavy atom. The van der Waals surface area contributed by atoms with Crippen molar-refractivity contribution < 1.29 is 14.5 Å². The third-order valence-corrected chi connectivity index (χ3v) is 9.88. The lowest BCUT2D eigenvalue weighted by Gasteiger charge is -2.34. The molecular weight excluding hydrogens is 623 g/mol. The second kappa shape index (κ2) is 13.5. The fraction of sp³-hybridized carbons (Fsp3) is 0.265. The Labute approximate surface area is 274 Å². The van der Waals surface area contributed by atoms with Gasteiger partial charge >= 0.3 is 5.97 Å². The van der Waals surface area contributed by atoms with E-state index in [1.807, 2.05) is 60.9 Å². The summed E-state index contributed by atoms with van der Waals surface area (Å²) in [7, 11) is 2.06. The van der Waals surface area contributed by atoms with Crippen molar-refractivity contribution in [2.75, 3.05) is 51.0 Å². The standard InChI is InChI=1S/C34H33N5O5S2/c1-4-44-33(41)29-30(22-8-6-5-7-9-22)35-34-38(31(29)23-10-13-26(45-3)14-11-23)32(40)28(46-34)21-24-20-25(39(42)43)12-15-27(24)37-18-16-36(2)17-19-37/h5-15,20-21,31H,4,16-19H2,1-3H3/t31-/m0/s1. The molecule has 0 N–H and O–H groups in total. The van der Waals surface area contributed by atoms with Gasteiger partial charge in [0.05, 0.1) is 33.4 Å². The number of nitro groups is 1. The molecule has 46 heavy (non-hydrogen) atoms. The molecule has 4 aromatic rings. The summed E-state index contributed by atoms with van der Waals surface area (Å²) < 4.78 is 7.47. The monoisotopic (exact) mass is 655 g/mol. The number of hydrogen-bond donors (Lipinski definition) is 0. The number of hydrogen-bond acceptors (Lipinski definition) is 10. The zero-order valence-electron chi connectivity index (χ0n) is 25.7. The van der Waals surface area contributed by atoms with Gasteiger partial charge in [0.15, 0.2) is 4.80 Å². The second-order valence-corrected chi connectivity index (χ2v) is 12.9. The molecule has 0 bridgehead atoms. The van der Waals surface area contributed by atoms with Gasteiger partial charge in [0.1, 0.15) is 0 Å². The number of nitro benzene ring substituents is 1. The lowest BCUT2D eigenvalue weighted by molar-refractivity contribution is -0.384. The number of carbonyl (C=O) groups excluding carboxylic acids is 1. The molecule has 2 aliphatic rings. The van der Waals surface area contributed by atoms with Gasteiger partial charge in [-0.2, -0.15) is 0 Å². The molecule has 0 spiro atoms. The van der Waals surface area contributed by atoms with Gasteiger partial charge in [0, 0.05) is 60.0 Å². The molecule has 3 heterocycles. The average Bonchev–Trinajstić information content (AvgIpc) is 3.38. The largest absolute Gasteiger partial charge is 0.463 e. The van der Waals surface area contributed by atoms with Crippen LogP contribution in [-0.2, 0) is 9.53 Å². The van der Waals surface area contributed by atoms with Gasteiger partial charge < -0.3 is 14.5 Å². The molecule has 3 aromatic carbocycles. The first-order chi connectivity index (χ1) is 22.3. The molecule has 10 nitrogen and oxygen atoms in total. The van der Waals surface area contributed by atoms with Gasteiger partial charge in [-0.25, -0.2) is 9.79 Å². The number of likely N-dealkylation sites (N-methyl/N-ethyl adjacent to an activating group) is 1. The summed E-state index contributed by atoms with van der Waals surface area (Å²) in [6, 6.07) is 21.2. The minimum Gasteiger partial charge on any atom is -0.463 e. The Morgan fingerprint density at radius 1 is 1.09 bits per heavy atom. The first kappa shape index (κ1) is 31.5. The number of thiazole rings is 1. The molecule has 0 unspecified atom stereocenters. The molecule has 0 amide bonds. The van der Waals surface area contributed by atoms with Crippen LogP contribution in [0.15, 0.2) is 93.1 Å². The third-order valence-electron chi connectivity index (χ3n) is 8.16. The predicted octanol–water partition coefficient (Wildman–Crippen LogP) is 4.32. The molecule has 1 aromatic heterocycles. The Morgan fingerprint density at radius 2 is 1.80 bits per heavy atom. The quantitative estimate of drug-likeness (QED) is 0.120. The number of thioether (sulfide) groups is 1. The van der Waals surface area contributed by atoms with E-state index in [0.29, 0.717) is 20.6 Å². The van der Waals surface area contributed by atoms with Crippen molar-refractivity contribution in [2.45, 2.75) is 17.9 Å². The lowest BCUT2D eigenvalue weighted by atomic mass is 9.93. The second-order valence-electron chi connectivity index (χ2n) is 11.0. The molecule has 0 aliphatic carbocycles. The van der Waals surface area contributed by atoms with Crippen molar-refractivity contribution in [1.82, 2.24) is 9.47 Å². The summed E-state index contributed by atoms with van der Waals surface area (Å²) in [6.07, 6.45) is 3.70. The number of piperazine rings is 1. The number of fused-ring (bicyclic) bond motifs is 1. The van der Waals surface area contributed by atoms with Crippen molar-refractivity contribution in [3.63, 3.8) is 0 Å². The van der Waals surface area contributed by atoms with Crippen molar-refractivity contribution in [1.29, 1.82) is 0 Å². The van der Waals surface area contributed by atoms with E-state index in [2.05, 4.69) is 16.8 Å². The van der Waals surface area contributed by atoms with Crippen molar-refractivity contribution in [3.05, 3.63) is 125 Å². The van der Waals surface area contributed by atoms with Gasteiger partial charge in [0.2, 0.25) is 0 Å². The number of benzene rings is 3. The smallest absolute Gasteiger partial charge is 0.338 e. The highest BCUT2D eigenvalue weighted by molar-refractivity contribution is 7.98. The Hall–Kier alpha value is -4.52.